The highest BCUT2D eigenvalue weighted by molar-refractivity contribution is 7.89. The van der Waals surface area contributed by atoms with E-state index in [1.807, 2.05) is 13.8 Å². The summed E-state index contributed by atoms with van der Waals surface area (Å²) < 4.78 is 31.3. The number of halogens is 1. The van der Waals surface area contributed by atoms with Gasteiger partial charge in [0.15, 0.2) is 0 Å². The molecule has 1 aromatic carbocycles. The molecule has 1 amide bonds. The number of nitrogens with one attached hydrogen (secondary N) is 2. The van der Waals surface area contributed by atoms with Crippen LogP contribution >= 0.6 is 11.6 Å². The molecule has 118 valence electrons. The lowest BCUT2D eigenvalue weighted by Crippen LogP contribution is -2.38. The molecule has 0 atom stereocenters. The lowest BCUT2D eigenvalue weighted by Gasteiger charge is -2.10. The van der Waals surface area contributed by atoms with Crippen LogP contribution in [0, 0.1) is 5.92 Å². The van der Waals surface area contributed by atoms with Gasteiger partial charge in [-0.15, -0.1) is 0 Å². The molecule has 0 aliphatic carbocycles. The van der Waals surface area contributed by atoms with Gasteiger partial charge in [0.2, 0.25) is 15.9 Å². The zero-order valence-electron chi connectivity index (χ0n) is 12.1. The highest BCUT2D eigenvalue weighted by Crippen LogP contribution is 2.26. The summed E-state index contributed by atoms with van der Waals surface area (Å²) in [6.07, 6.45) is 0. The van der Waals surface area contributed by atoms with Crippen LogP contribution in [0.2, 0.25) is 5.02 Å². The van der Waals surface area contributed by atoms with Crippen molar-refractivity contribution in [1.82, 2.24) is 10.0 Å². The zero-order valence-corrected chi connectivity index (χ0v) is 13.7. The number of carbonyl (C=O) groups is 1. The van der Waals surface area contributed by atoms with E-state index in [-0.39, 0.29) is 22.4 Å². The van der Waals surface area contributed by atoms with Crippen LogP contribution in [0.25, 0.3) is 0 Å². The lowest BCUT2D eigenvalue weighted by atomic mass is 10.2. The third kappa shape index (κ3) is 5.53. The molecule has 1 aromatic rings. The SMILES string of the molecule is COc1ccc(S(=O)(=O)NCC(=O)NCC(C)C)cc1Cl. The molecule has 0 radical (unpaired) electrons. The van der Waals surface area contributed by atoms with E-state index in [9.17, 15) is 13.2 Å². The smallest absolute Gasteiger partial charge is 0.241 e. The fourth-order valence-corrected chi connectivity index (χ4v) is 2.77. The number of rotatable bonds is 7. The molecule has 0 fully saturated rings. The Kier molecular flexibility index (Phi) is 6.44. The van der Waals surface area contributed by atoms with E-state index in [4.69, 9.17) is 16.3 Å². The standard InChI is InChI=1S/C13H19ClN2O4S/c1-9(2)7-15-13(17)8-16-21(18,19)10-4-5-12(20-3)11(14)6-10/h4-6,9,16H,7-8H2,1-3H3,(H,15,17). The Morgan fingerprint density at radius 3 is 2.57 bits per heavy atom. The molecule has 1 rings (SSSR count). The maximum Gasteiger partial charge on any atom is 0.241 e. The number of carbonyl (C=O) groups excluding carboxylic acids is 1. The molecule has 0 bridgehead atoms. The summed E-state index contributed by atoms with van der Waals surface area (Å²) >= 11 is 5.89. The van der Waals surface area contributed by atoms with Crippen LogP contribution in [0.5, 0.6) is 5.75 Å². The second-order valence-electron chi connectivity index (χ2n) is 4.82. The van der Waals surface area contributed by atoms with E-state index in [2.05, 4.69) is 10.0 Å². The van der Waals surface area contributed by atoms with Gasteiger partial charge >= 0.3 is 0 Å². The van der Waals surface area contributed by atoms with Crippen molar-refractivity contribution in [1.29, 1.82) is 0 Å². The predicted octanol–water partition coefficient (Wildman–Crippen LogP) is 1.40. The van der Waals surface area contributed by atoms with E-state index < -0.39 is 10.0 Å². The van der Waals surface area contributed by atoms with E-state index in [1.54, 1.807) is 0 Å². The van der Waals surface area contributed by atoms with Gasteiger partial charge in [-0.1, -0.05) is 25.4 Å². The van der Waals surface area contributed by atoms with Gasteiger partial charge in [0.05, 0.1) is 23.6 Å². The van der Waals surface area contributed by atoms with Gasteiger partial charge in [-0.2, -0.15) is 0 Å². The predicted molar refractivity (Wildman–Crippen MR) is 81.0 cm³/mol. The van der Waals surface area contributed by atoms with E-state index in [0.717, 1.165) is 0 Å². The van der Waals surface area contributed by atoms with Crippen LogP contribution in [0.4, 0.5) is 0 Å². The average Bonchev–Trinajstić information content (AvgIpc) is 2.42. The number of benzene rings is 1. The first kappa shape index (κ1) is 17.7. The quantitative estimate of drug-likeness (QED) is 0.789. The maximum atomic E-state index is 12.0. The normalized spacial score (nSPS) is 11.5. The van der Waals surface area contributed by atoms with Gasteiger partial charge in [0.1, 0.15) is 5.75 Å². The highest BCUT2D eigenvalue weighted by atomic mass is 35.5. The molecular formula is C13H19ClN2O4S. The average molecular weight is 335 g/mol. The number of hydrogen-bond acceptors (Lipinski definition) is 4. The number of hydrogen-bond donors (Lipinski definition) is 2. The van der Waals surface area contributed by atoms with Crippen molar-refractivity contribution >= 4 is 27.5 Å². The molecule has 0 saturated carbocycles. The minimum Gasteiger partial charge on any atom is -0.495 e. The molecular weight excluding hydrogens is 316 g/mol. The topological polar surface area (TPSA) is 84.5 Å². The minimum absolute atomic E-state index is 0.0232. The van der Waals surface area contributed by atoms with Crippen LogP contribution in [0.3, 0.4) is 0 Å². The Bertz CT molecular complexity index is 602. The first-order valence-corrected chi connectivity index (χ1v) is 8.22. The van der Waals surface area contributed by atoms with Crippen molar-refractivity contribution in [2.45, 2.75) is 18.7 Å². The van der Waals surface area contributed by atoms with Crippen molar-refractivity contribution in [3.63, 3.8) is 0 Å². The van der Waals surface area contributed by atoms with Gasteiger partial charge in [-0.3, -0.25) is 4.79 Å². The maximum absolute atomic E-state index is 12.0. The Morgan fingerprint density at radius 2 is 2.05 bits per heavy atom. The number of sulfonamides is 1. The summed E-state index contributed by atoms with van der Waals surface area (Å²) in [5.74, 6) is 0.295. The van der Waals surface area contributed by atoms with Gasteiger partial charge in [-0.25, -0.2) is 13.1 Å². The number of methoxy groups -OCH3 is 1. The van der Waals surface area contributed by atoms with E-state index in [1.165, 1.54) is 25.3 Å². The summed E-state index contributed by atoms with van der Waals surface area (Å²) in [6, 6.07) is 4.09. The number of ether oxygens (including phenoxy) is 1. The van der Waals surface area contributed by atoms with Crippen LogP contribution in [0.15, 0.2) is 23.1 Å². The summed E-state index contributed by atoms with van der Waals surface area (Å²) in [6.45, 7) is 4.07. The Hall–Kier alpha value is -1.31. The summed E-state index contributed by atoms with van der Waals surface area (Å²) in [7, 11) is -2.36. The zero-order chi connectivity index (χ0) is 16.0. The van der Waals surface area contributed by atoms with E-state index >= 15 is 0 Å². The fraction of sp³-hybridized carbons (Fsp3) is 0.462. The second-order valence-corrected chi connectivity index (χ2v) is 6.99. The molecule has 0 spiro atoms. The fourth-order valence-electron chi connectivity index (χ4n) is 1.44. The molecule has 21 heavy (non-hydrogen) atoms. The summed E-state index contributed by atoms with van der Waals surface area (Å²) in [4.78, 5) is 11.5. The Labute approximate surface area is 129 Å². The Morgan fingerprint density at radius 1 is 1.38 bits per heavy atom. The molecule has 0 aliphatic heterocycles. The van der Waals surface area contributed by atoms with Crippen LogP contribution in [-0.2, 0) is 14.8 Å². The third-order valence-electron chi connectivity index (χ3n) is 2.56. The molecule has 0 aromatic heterocycles. The van der Waals surface area contributed by atoms with Gasteiger partial charge in [0.25, 0.3) is 0 Å². The van der Waals surface area contributed by atoms with Crippen molar-refractivity contribution in [3.8, 4) is 5.75 Å². The molecule has 0 heterocycles. The van der Waals surface area contributed by atoms with Gasteiger partial charge < -0.3 is 10.1 Å². The second kappa shape index (κ2) is 7.63. The van der Waals surface area contributed by atoms with E-state index in [0.29, 0.717) is 18.2 Å². The third-order valence-corrected chi connectivity index (χ3v) is 4.26. The van der Waals surface area contributed by atoms with Crippen LogP contribution in [0.1, 0.15) is 13.8 Å². The van der Waals surface area contributed by atoms with Crippen molar-refractivity contribution < 1.29 is 17.9 Å². The highest BCUT2D eigenvalue weighted by Gasteiger charge is 2.17. The molecule has 0 aliphatic rings. The van der Waals surface area contributed by atoms with Crippen LogP contribution < -0.4 is 14.8 Å². The molecule has 0 unspecified atom stereocenters. The monoisotopic (exact) mass is 334 g/mol. The van der Waals surface area contributed by atoms with Gasteiger partial charge in [-0.05, 0) is 24.1 Å². The number of amides is 1. The van der Waals surface area contributed by atoms with Crippen molar-refractivity contribution in [3.05, 3.63) is 23.2 Å². The molecule has 6 nitrogen and oxygen atoms in total. The molecule has 8 heteroatoms. The van der Waals surface area contributed by atoms with Crippen molar-refractivity contribution in [2.24, 2.45) is 5.92 Å². The summed E-state index contributed by atoms with van der Waals surface area (Å²) in [5.41, 5.74) is 0. The summed E-state index contributed by atoms with van der Waals surface area (Å²) in [5, 5.41) is 2.81. The van der Waals surface area contributed by atoms with Crippen LogP contribution in [-0.4, -0.2) is 34.5 Å². The Balaban J connectivity index is 2.69. The minimum atomic E-state index is -3.79. The molecule has 2 N–H and O–H groups in total. The first-order valence-electron chi connectivity index (χ1n) is 6.36. The first-order chi connectivity index (χ1) is 9.76. The molecule has 0 saturated heterocycles. The van der Waals surface area contributed by atoms with Gasteiger partial charge in [0, 0.05) is 6.54 Å². The van der Waals surface area contributed by atoms with Crippen molar-refractivity contribution in [2.75, 3.05) is 20.2 Å². The lowest BCUT2D eigenvalue weighted by molar-refractivity contribution is -0.120. The largest absolute Gasteiger partial charge is 0.495 e.